The maximum Gasteiger partial charge on any atom is 0.243 e. The van der Waals surface area contributed by atoms with Crippen LogP contribution in [0, 0.1) is 5.82 Å². The summed E-state index contributed by atoms with van der Waals surface area (Å²) in [7, 11) is -1.35. The Labute approximate surface area is 225 Å². The van der Waals surface area contributed by atoms with E-state index in [1.54, 1.807) is 36.4 Å². The number of sulfonamides is 1. The summed E-state index contributed by atoms with van der Waals surface area (Å²) in [6.07, 6.45) is -1.45. The Morgan fingerprint density at radius 3 is 2.26 bits per heavy atom. The van der Waals surface area contributed by atoms with Gasteiger partial charge in [-0.25, -0.2) is 17.8 Å². The summed E-state index contributed by atoms with van der Waals surface area (Å²) in [5, 5.41) is 17.7. The molecule has 0 radical (unpaired) electrons. The van der Waals surface area contributed by atoms with E-state index in [4.69, 9.17) is 14.2 Å². The van der Waals surface area contributed by atoms with Gasteiger partial charge in [0.25, 0.3) is 0 Å². The lowest BCUT2D eigenvalue weighted by Crippen LogP contribution is -2.32. The first-order valence-electron chi connectivity index (χ1n) is 11.9. The highest BCUT2D eigenvalue weighted by molar-refractivity contribution is 7.93. The number of anilines is 1. The maximum atomic E-state index is 13.4. The second kappa shape index (κ2) is 11.7. The predicted molar refractivity (Wildman–Crippen MR) is 142 cm³/mol. The van der Waals surface area contributed by atoms with Crippen molar-refractivity contribution in [3.05, 3.63) is 72.0 Å². The number of aromatic nitrogens is 4. The molecule has 2 N–H and O–H groups in total. The van der Waals surface area contributed by atoms with Gasteiger partial charge in [-0.15, -0.1) is 10.2 Å². The largest absolute Gasteiger partial charge is 0.494 e. The van der Waals surface area contributed by atoms with Gasteiger partial charge in [-0.3, -0.25) is 9.29 Å². The van der Waals surface area contributed by atoms with E-state index >= 15 is 0 Å². The quantitative estimate of drug-likeness (QED) is 0.282. The average molecular weight is 558 g/mol. The summed E-state index contributed by atoms with van der Waals surface area (Å²) in [4.78, 5) is 4.47. The van der Waals surface area contributed by atoms with E-state index in [-0.39, 0.29) is 17.3 Å². The lowest BCUT2D eigenvalue weighted by Gasteiger charge is -2.21. The number of aliphatic hydroxyl groups excluding tert-OH is 1. The summed E-state index contributed by atoms with van der Waals surface area (Å²) >= 11 is 0. The van der Waals surface area contributed by atoms with Crippen LogP contribution in [0.2, 0.25) is 0 Å². The molecule has 13 heteroatoms. The number of rotatable bonds is 11. The molecule has 0 aliphatic rings. The third-order valence-corrected chi connectivity index (χ3v) is 7.62. The van der Waals surface area contributed by atoms with Gasteiger partial charge in [0, 0.05) is 6.07 Å². The maximum absolute atomic E-state index is 13.4. The van der Waals surface area contributed by atoms with Crippen molar-refractivity contribution in [3.63, 3.8) is 0 Å². The smallest absolute Gasteiger partial charge is 0.243 e. The van der Waals surface area contributed by atoms with Crippen molar-refractivity contribution in [1.82, 2.24) is 19.7 Å². The molecule has 2 heterocycles. The minimum Gasteiger partial charge on any atom is -0.494 e. The highest BCUT2D eigenvalue weighted by Crippen LogP contribution is 2.38. The zero-order chi connectivity index (χ0) is 28.2. The lowest BCUT2D eigenvalue weighted by molar-refractivity contribution is 0.176. The molecule has 0 spiro atoms. The molecular formula is C26H28FN5O6S. The third-order valence-electron chi connectivity index (χ3n) is 5.91. The number of ether oxygens (including phenoxy) is 3. The summed E-state index contributed by atoms with van der Waals surface area (Å²) < 4.78 is 60.7. The third kappa shape index (κ3) is 5.78. The molecule has 4 rings (SSSR count). The van der Waals surface area contributed by atoms with Gasteiger partial charge in [0.2, 0.25) is 21.9 Å². The number of para-hydroxylation sites is 1. The molecular weight excluding hydrogens is 529 g/mol. The minimum atomic E-state index is -4.27. The summed E-state index contributed by atoms with van der Waals surface area (Å²) in [6.45, 7) is 3.54. The van der Waals surface area contributed by atoms with E-state index in [0.717, 1.165) is 12.1 Å². The number of methoxy groups -OCH3 is 2. The molecule has 2 unspecified atom stereocenters. The Morgan fingerprint density at radius 2 is 1.64 bits per heavy atom. The second-order valence-corrected chi connectivity index (χ2v) is 10.4. The highest BCUT2D eigenvalue weighted by Gasteiger charge is 2.32. The van der Waals surface area contributed by atoms with Crippen molar-refractivity contribution in [2.45, 2.75) is 25.2 Å². The van der Waals surface area contributed by atoms with E-state index < -0.39 is 27.2 Å². The number of pyridine rings is 1. The van der Waals surface area contributed by atoms with Crippen molar-refractivity contribution < 1.29 is 32.1 Å². The molecule has 0 bridgehead atoms. The SMILES string of the molecule is CCOc1cccc(-c2nnc(NS(=O)(=O)C(C)C(O)c3ccc(F)cc3)n2-c2c(OC)cccc2OC)n1. The van der Waals surface area contributed by atoms with Crippen molar-refractivity contribution in [1.29, 1.82) is 0 Å². The molecule has 2 atom stereocenters. The first-order valence-corrected chi connectivity index (χ1v) is 13.5. The Morgan fingerprint density at radius 1 is 1.00 bits per heavy atom. The van der Waals surface area contributed by atoms with Crippen LogP contribution in [0.25, 0.3) is 17.2 Å². The van der Waals surface area contributed by atoms with Crippen molar-refractivity contribution in [3.8, 4) is 34.6 Å². The second-order valence-electron chi connectivity index (χ2n) is 8.34. The van der Waals surface area contributed by atoms with Crippen LogP contribution < -0.4 is 18.9 Å². The molecule has 39 heavy (non-hydrogen) atoms. The molecule has 0 saturated carbocycles. The number of halogens is 1. The summed E-state index contributed by atoms with van der Waals surface area (Å²) in [5.41, 5.74) is 0.890. The number of benzene rings is 2. The first-order chi connectivity index (χ1) is 18.7. The van der Waals surface area contributed by atoms with Crippen molar-refractivity contribution in [2.24, 2.45) is 0 Å². The number of hydrogen-bond acceptors (Lipinski definition) is 9. The standard InChI is InChI=1S/C26H28FN5O6S/c1-5-38-22-11-6-8-19(28-22)25-29-30-26(32(25)23-20(36-3)9-7-10-21(23)37-4)31-39(34,35)16(2)24(33)17-12-14-18(27)15-13-17/h6-16,24,33H,5H2,1-4H3,(H,30,31). The number of hydrogen-bond donors (Lipinski definition) is 2. The zero-order valence-electron chi connectivity index (χ0n) is 21.7. The van der Waals surface area contributed by atoms with Gasteiger partial charge in [-0.05, 0) is 49.7 Å². The van der Waals surface area contributed by atoms with Crippen molar-refractivity contribution >= 4 is 16.0 Å². The minimum absolute atomic E-state index is 0.170. The zero-order valence-corrected chi connectivity index (χ0v) is 22.5. The van der Waals surface area contributed by atoms with E-state index in [1.165, 1.54) is 37.8 Å². The molecule has 4 aromatic rings. The number of nitrogens with zero attached hydrogens (tertiary/aromatic N) is 4. The monoisotopic (exact) mass is 557 g/mol. The molecule has 0 aliphatic heterocycles. The number of aliphatic hydroxyl groups is 1. The molecule has 206 valence electrons. The van der Waals surface area contributed by atoms with E-state index in [2.05, 4.69) is 19.9 Å². The molecule has 2 aromatic heterocycles. The Kier molecular flexibility index (Phi) is 8.31. The lowest BCUT2D eigenvalue weighted by atomic mass is 10.1. The fraction of sp³-hybridized carbons (Fsp3) is 0.269. The summed E-state index contributed by atoms with van der Waals surface area (Å²) in [6, 6.07) is 15.1. The van der Waals surface area contributed by atoms with Crippen LogP contribution in [-0.2, 0) is 10.0 Å². The average Bonchev–Trinajstić information content (AvgIpc) is 3.34. The first kappa shape index (κ1) is 27.8. The van der Waals surface area contributed by atoms with Crippen LogP contribution >= 0.6 is 0 Å². The molecule has 11 nitrogen and oxygen atoms in total. The van der Waals surface area contributed by atoms with E-state index in [0.29, 0.717) is 35.4 Å². The van der Waals surface area contributed by atoms with Gasteiger partial charge in [-0.1, -0.05) is 24.3 Å². The molecule has 0 amide bonds. The molecule has 0 saturated heterocycles. The normalized spacial score (nSPS) is 13.0. The van der Waals surface area contributed by atoms with Gasteiger partial charge >= 0.3 is 0 Å². The fourth-order valence-corrected chi connectivity index (χ4v) is 4.94. The van der Waals surface area contributed by atoms with Gasteiger partial charge in [0.15, 0.2) is 5.82 Å². The van der Waals surface area contributed by atoms with Crippen LogP contribution in [0.4, 0.5) is 10.3 Å². The molecule has 2 aromatic carbocycles. The Hall–Kier alpha value is -4.23. The molecule has 0 fully saturated rings. The van der Waals surface area contributed by atoms with Gasteiger partial charge in [0.05, 0.1) is 26.9 Å². The van der Waals surface area contributed by atoms with Crippen LogP contribution in [0.5, 0.6) is 17.4 Å². The van der Waals surface area contributed by atoms with Crippen molar-refractivity contribution in [2.75, 3.05) is 25.5 Å². The van der Waals surface area contributed by atoms with Gasteiger partial charge in [-0.2, -0.15) is 0 Å². The number of nitrogens with one attached hydrogen (secondary N) is 1. The van der Waals surface area contributed by atoms with Crippen LogP contribution in [0.1, 0.15) is 25.5 Å². The van der Waals surface area contributed by atoms with Gasteiger partial charge in [0.1, 0.15) is 33.9 Å². The highest BCUT2D eigenvalue weighted by atomic mass is 32.2. The fourth-order valence-electron chi connectivity index (χ4n) is 3.87. The Balaban J connectivity index is 1.84. The Bertz CT molecular complexity index is 1520. The van der Waals surface area contributed by atoms with Crippen LogP contribution in [0.15, 0.2) is 60.7 Å². The van der Waals surface area contributed by atoms with E-state index in [1.807, 2.05) is 6.92 Å². The van der Waals surface area contributed by atoms with Crippen LogP contribution in [0.3, 0.4) is 0 Å². The molecule has 0 aliphatic carbocycles. The predicted octanol–water partition coefficient (Wildman–Crippen LogP) is 3.75. The summed E-state index contributed by atoms with van der Waals surface area (Å²) in [5.74, 6) is 0.494. The topological polar surface area (TPSA) is 138 Å². The van der Waals surface area contributed by atoms with Gasteiger partial charge < -0.3 is 19.3 Å². The van der Waals surface area contributed by atoms with E-state index in [9.17, 15) is 17.9 Å². The van der Waals surface area contributed by atoms with Crippen LogP contribution in [-0.4, -0.2) is 59.3 Å².